The largest absolute Gasteiger partial charge is 0.506 e. The second-order valence-electron chi connectivity index (χ2n) is 5.87. The highest BCUT2D eigenvalue weighted by molar-refractivity contribution is 7.18. The summed E-state index contributed by atoms with van der Waals surface area (Å²) in [6.45, 7) is 2.57. The summed E-state index contributed by atoms with van der Waals surface area (Å²) in [6.07, 6.45) is 5.03. The number of carbonyl (C=O) groups is 1. The Kier molecular flexibility index (Phi) is 6.06. The van der Waals surface area contributed by atoms with Gasteiger partial charge in [-0.2, -0.15) is 0 Å². The summed E-state index contributed by atoms with van der Waals surface area (Å²) in [7, 11) is 0. The summed E-state index contributed by atoms with van der Waals surface area (Å²) in [5, 5.41) is 17.3. The maximum atomic E-state index is 11.2. The predicted molar refractivity (Wildman–Crippen MR) is 114 cm³/mol. The fraction of sp³-hybridized carbons (Fsp3) is 0.143. The minimum absolute atomic E-state index is 0.129. The lowest BCUT2D eigenvalue weighted by atomic mass is 10.2. The van der Waals surface area contributed by atoms with E-state index >= 15 is 0 Å². The number of hydrogen-bond donors (Lipinski definition) is 3. The van der Waals surface area contributed by atoms with E-state index in [1.807, 2.05) is 31.0 Å². The number of fused-ring (bicyclic) bond motifs is 1. The third kappa shape index (κ3) is 4.75. The lowest BCUT2D eigenvalue weighted by Crippen LogP contribution is -2.20. The predicted octanol–water partition coefficient (Wildman–Crippen LogP) is 3.68. The first-order chi connectivity index (χ1) is 13.5. The van der Waals surface area contributed by atoms with Crippen LogP contribution in [0.2, 0.25) is 5.02 Å². The monoisotopic (exact) mass is 409 g/mol. The van der Waals surface area contributed by atoms with Crippen molar-refractivity contribution in [1.29, 1.82) is 0 Å². The third-order valence-electron chi connectivity index (χ3n) is 3.80. The van der Waals surface area contributed by atoms with Crippen LogP contribution in [0.1, 0.15) is 16.1 Å². The van der Waals surface area contributed by atoms with Gasteiger partial charge in [0.1, 0.15) is 11.3 Å². The van der Waals surface area contributed by atoms with Gasteiger partial charge in [0.05, 0.1) is 27.0 Å². The minimum atomic E-state index is -0.466. The molecule has 1 heterocycles. The Labute approximate surface area is 171 Å². The molecule has 2 aromatic carbocycles. The van der Waals surface area contributed by atoms with Crippen LogP contribution in [0.25, 0.3) is 10.2 Å². The normalized spacial score (nSPS) is 10.0. The fourth-order valence-corrected chi connectivity index (χ4v) is 3.60. The molecule has 28 heavy (non-hydrogen) atoms. The molecule has 0 radical (unpaired) electrons. The zero-order valence-corrected chi connectivity index (χ0v) is 16.5. The first-order valence-electron chi connectivity index (χ1n) is 8.32. The summed E-state index contributed by atoms with van der Waals surface area (Å²) in [6, 6.07) is 8.90. The van der Waals surface area contributed by atoms with Crippen LogP contribution < -0.4 is 10.6 Å². The van der Waals surface area contributed by atoms with Crippen molar-refractivity contribution in [3.8, 4) is 29.9 Å². The first kappa shape index (κ1) is 19.6. The number of nitrogens with zero attached hydrogens (tertiary/aromatic N) is 1. The second kappa shape index (κ2) is 8.67. The van der Waals surface area contributed by atoms with Gasteiger partial charge in [-0.15, -0.1) is 17.8 Å². The van der Waals surface area contributed by atoms with E-state index in [-0.39, 0.29) is 5.75 Å². The van der Waals surface area contributed by atoms with Gasteiger partial charge in [0.15, 0.2) is 0 Å². The lowest BCUT2D eigenvalue weighted by molar-refractivity contribution is -0.115. The first-order valence-corrected chi connectivity index (χ1v) is 9.51. The summed E-state index contributed by atoms with van der Waals surface area (Å²) >= 11 is 7.72. The smallest absolute Gasteiger partial charge is 0.295 e. The number of amides is 1. The Morgan fingerprint density at radius 2 is 2.18 bits per heavy atom. The van der Waals surface area contributed by atoms with Crippen molar-refractivity contribution in [2.24, 2.45) is 0 Å². The van der Waals surface area contributed by atoms with Crippen LogP contribution in [0.15, 0.2) is 30.3 Å². The van der Waals surface area contributed by atoms with Crippen LogP contribution in [-0.2, 0) is 11.3 Å². The molecule has 7 heteroatoms. The highest BCUT2D eigenvalue weighted by atomic mass is 35.5. The molecular weight excluding hydrogens is 394 g/mol. The molecular formula is C21H16ClN3O2S. The number of anilines is 1. The van der Waals surface area contributed by atoms with Crippen LogP contribution in [-0.4, -0.2) is 22.5 Å². The van der Waals surface area contributed by atoms with Gasteiger partial charge >= 0.3 is 0 Å². The van der Waals surface area contributed by atoms with Crippen molar-refractivity contribution in [3.05, 3.63) is 51.5 Å². The van der Waals surface area contributed by atoms with E-state index in [2.05, 4.69) is 27.5 Å². The quantitative estimate of drug-likeness (QED) is 0.575. The van der Waals surface area contributed by atoms with Gasteiger partial charge in [0.25, 0.3) is 5.91 Å². The zero-order chi connectivity index (χ0) is 20.1. The van der Waals surface area contributed by atoms with Gasteiger partial charge in [-0.25, -0.2) is 4.98 Å². The van der Waals surface area contributed by atoms with E-state index < -0.39 is 5.91 Å². The Morgan fingerprint density at radius 3 is 2.96 bits per heavy atom. The molecule has 1 aromatic heterocycles. The van der Waals surface area contributed by atoms with Crippen molar-refractivity contribution < 1.29 is 9.90 Å². The van der Waals surface area contributed by atoms with Gasteiger partial charge in [0, 0.05) is 12.1 Å². The van der Waals surface area contributed by atoms with E-state index in [1.54, 1.807) is 12.1 Å². The summed E-state index contributed by atoms with van der Waals surface area (Å²) in [5.41, 5.74) is 2.89. The van der Waals surface area contributed by atoms with E-state index in [1.165, 1.54) is 11.3 Å². The van der Waals surface area contributed by atoms with Crippen molar-refractivity contribution in [3.63, 3.8) is 0 Å². The van der Waals surface area contributed by atoms with Crippen molar-refractivity contribution >= 4 is 44.7 Å². The Bertz CT molecular complexity index is 1150. The summed E-state index contributed by atoms with van der Waals surface area (Å²) in [5.74, 6) is 7.70. The average Bonchev–Trinajstić information content (AvgIpc) is 3.06. The molecule has 0 aliphatic carbocycles. The minimum Gasteiger partial charge on any atom is -0.506 e. The third-order valence-corrected chi connectivity index (χ3v) is 5.04. The average molecular weight is 410 g/mol. The molecule has 140 valence electrons. The molecule has 0 bridgehead atoms. The molecule has 0 aliphatic heterocycles. The molecule has 0 spiro atoms. The number of benzene rings is 2. The van der Waals surface area contributed by atoms with Gasteiger partial charge < -0.3 is 15.7 Å². The Hall–Kier alpha value is -3.19. The topological polar surface area (TPSA) is 74.2 Å². The molecule has 3 N–H and O–H groups in total. The number of aromatic nitrogens is 1. The van der Waals surface area contributed by atoms with Gasteiger partial charge in [-0.05, 0) is 42.7 Å². The Morgan fingerprint density at radius 1 is 1.36 bits per heavy atom. The number of aryl methyl sites for hydroxylation is 1. The molecule has 3 rings (SSSR count). The number of phenols is 1. The number of aromatic hydroxyl groups is 1. The standard InChI is InChI=1S/C21H16ClN3O2S/c1-3-20(27)24-12-15-6-7-16(22)17(9-15)23-8-4-5-14-10-18(26)21-19(11-14)28-13(2)25-21/h1,6-7,9-11,23,26H,8,12H2,2H3,(H,24,27). The maximum absolute atomic E-state index is 11.2. The molecule has 0 atom stereocenters. The number of terminal acetylenes is 1. The van der Waals surface area contributed by atoms with Crippen LogP contribution >= 0.6 is 22.9 Å². The van der Waals surface area contributed by atoms with Crippen LogP contribution in [0.4, 0.5) is 5.69 Å². The number of nitrogens with one attached hydrogen (secondary N) is 2. The van der Waals surface area contributed by atoms with Gasteiger partial charge in [-0.3, -0.25) is 4.79 Å². The van der Waals surface area contributed by atoms with E-state index in [9.17, 15) is 9.90 Å². The SMILES string of the molecule is C#CC(=O)NCc1ccc(Cl)c(NCC#Cc2cc(O)c3nc(C)sc3c2)c1. The number of halogens is 1. The van der Waals surface area contributed by atoms with Gasteiger partial charge in [0.2, 0.25) is 0 Å². The van der Waals surface area contributed by atoms with Crippen molar-refractivity contribution in [2.75, 3.05) is 11.9 Å². The number of carbonyl (C=O) groups excluding carboxylic acids is 1. The maximum Gasteiger partial charge on any atom is 0.295 e. The molecule has 0 unspecified atom stereocenters. The molecule has 3 aromatic rings. The fourth-order valence-electron chi connectivity index (χ4n) is 2.53. The number of thiazole rings is 1. The number of hydrogen-bond acceptors (Lipinski definition) is 5. The van der Waals surface area contributed by atoms with Crippen LogP contribution in [0, 0.1) is 31.1 Å². The molecule has 0 fully saturated rings. The van der Waals surface area contributed by atoms with E-state index in [0.29, 0.717) is 34.9 Å². The second-order valence-corrected chi connectivity index (χ2v) is 7.51. The van der Waals surface area contributed by atoms with E-state index in [0.717, 1.165) is 15.3 Å². The van der Waals surface area contributed by atoms with E-state index in [4.69, 9.17) is 18.0 Å². The molecule has 0 aliphatic rings. The zero-order valence-electron chi connectivity index (χ0n) is 15.0. The van der Waals surface area contributed by atoms with Gasteiger partial charge in [-0.1, -0.05) is 29.5 Å². The number of rotatable bonds is 4. The molecule has 5 nitrogen and oxygen atoms in total. The molecule has 0 saturated carbocycles. The molecule has 0 saturated heterocycles. The highest BCUT2D eigenvalue weighted by Gasteiger charge is 2.07. The van der Waals surface area contributed by atoms with Crippen molar-refractivity contribution in [1.82, 2.24) is 10.3 Å². The number of phenolic OH excluding ortho intramolecular Hbond substituents is 1. The lowest BCUT2D eigenvalue weighted by Gasteiger charge is -2.08. The molecule has 1 amide bonds. The highest BCUT2D eigenvalue weighted by Crippen LogP contribution is 2.30. The summed E-state index contributed by atoms with van der Waals surface area (Å²) < 4.78 is 0.902. The van der Waals surface area contributed by atoms with Crippen LogP contribution in [0.5, 0.6) is 5.75 Å². The summed E-state index contributed by atoms with van der Waals surface area (Å²) in [4.78, 5) is 15.5. The van der Waals surface area contributed by atoms with Crippen molar-refractivity contribution in [2.45, 2.75) is 13.5 Å². The Balaban J connectivity index is 1.67. The van der Waals surface area contributed by atoms with Crippen LogP contribution in [0.3, 0.4) is 0 Å².